The van der Waals surface area contributed by atoms with Crippen molar-refractivity contribution in [1.29, 1.82) is 0 Å². The summed E-state index contributed by atoms with van der Waals surface area (Å²) in [5.41, 5.74) is 8.60. The van der Waals surface area contributed by atoms with Crippen LogP contribution in [0.5, 0.6) is 5.75 Å². The molecule has 4 nitrogen and oxygen atoms in total. The quantitative estimate of drug-likeness (QED) is 0.368. The fourth-order valence-corrected chi connectivity index (χ4v) is 7.69. The molecule has 4 aliphatic carbocycles. The fourth-order valence-electron chi connectivity index (χ4n) is 7.69. The highest BCUT2D eigenvalue weighted by molar-refractivity contribution is 5.91. The average molecular weight is 482 g/mol. The third-order valence-electron chi connectivity index (χ3n) is 8.83. The number of hydrogen-bond donors (Lipinski definition) is 1. The van der Waals surface area contributed by atoms with E-state index in [2.05, 4.69) is 41.9 Å². The third kappa shape index (κ3) is 4.55. The van der Waals surface area contributed by atoms with Crippen molar-refractivity contribution in [3.05, 3.63) is 101 Å². The molecule has 1 N–H and O–H groups in total. The first kappa shape index (κ1) is 23.3. The van der Waals surface area contributed by atoms with Gasteiger partial charge in [-0.3, -0.25) is 0 Å². The molecule has 4 aliphatic rings. The van der Waals surface area contributed by atoms with E-state index >= 15 is 0 Å². The van der Waals surface area contributed by atoms with Gasteiger partial charge in [-0.05, 0) is 109 Å². The Kier molecular flexibility index (Phi) is 6.30. The van der Waals surface area contributed by atoms with Gasteiger partial charge in [-0.25, -0.2) is 4.79 Å². The molecule has 186 valence electrons. The van der Waals surface area contributed by atoms with E-state index in [4.69, 9.17) is 9.57 Å². The van der Waals surface area contributed by atoms with Crippen molar-refractivity contribution in [1.82, 2.24) is 5.48 Å². The molecule has 4 bridgehead atoms. The van der Waals surface area contributed by atoms with Crippen LogP contribution in [0, 0.1) is 17.8 Å². The number of hydroxylamine groups is 1. The second-order valence-electron chi connectivity index (χ2n) is 11.3. The van der Waals surface area contributed by atoms with Crippen molar-refractivity contribution in [3.63, 3.8) is 0 Å². The van der Waals surface area contributed by atoms with Crippen LogP contribution in [0.4, 0.5) is 0 Å². The number of ether oxygens (including phenoxy) is 1. The molecule has 4 heteroatoms. The summed E-state index contributed by atoms with van der Waals surface area (Å²) in [4.78, 5) is 19.0. The first-order valence-electron chi connectivity index (χ1n) is 13.3. The molecule has 0 radical (unpaired) electrons. The molecule has 4 fully saturated rings. The largest absolute Gasteiger partial charge is 0.497 e. The van der Waals surface area contributed by atoms with E-state index < -0.39 is 0 Å². The molecule has 3 aromatic carbocycles. The van der Waals surface area contributed by atoms with Gasteiger partial charge in [-0.2, -0.15) is 0 Å². The molecule has 0 aliphatic heterocycles. The first-order valence-corrected chi connectivity index (χ1v) is 13.3. The predicted octanol–water partition coefficient (Wildman–Crippen LogP) is 6.62. The number of rotatable bonds is 8. The van der Waals surface area contributed by atoms with Crippen LogP contribution in [0.3, 0.4) is 0 Å². The highest BCUT2D eigenvalue weighted by atomic mass is 16.7. The van der Waals surface area contributed by atoms with Gasteiger partial charge in [-0.15, -0.1) is 5.48 Å². The zero-order valence-corrected chi connectivity index (χ0v) is 21.0. The van der Waals surface area contributed by atoms with Gasteiger partial charge in [0.15, 0.2) is 0 Å². The number of carbonyl (C=O) groups is 1. The van der Waals surface area contributed by atoms with Crippen LogP contribution in [-0.2, 0) is 23.2 Å². The number of methoxy groups -OCH3 is 1. The SMILES string of the molecule is COc1ccc(CNOC(=O)c2cccc(C34CC5CC(CC(C5)C3)C4)c2Cc2ccccc2)cc1. The Morgan fingerprint density at radius 2 is 1.50 bits per heavy atom. The Balaban J connectivity index is 1.28. The molecule has 7 rings (SSSR count). The van der Waals surface area contributed by atoms with E-state index in [-0.39, 0.29) is 11.4 Å². The Hall–Kier alpha value is -3.11. The summed E-state index contributed by atoms with van der Waals surface area (Å²) in [5.74, 6) is 3.05. The standard InChI is InChI=1S/C32H35NO3/c1-35-27-12-10-23(11-13-27)21-33-36-31(34)28-8-5-9-30(29(28)17-22-6-3-2-4-7-22)32-18-24-14-25(19-32)16-26(15-24)20-32/h2-13,24-26,33H,14-21H2,1H3. The van der Waals surface area contributed by atoms with Crippen molar-refractivity contribution < 1.29 is 14.4 Å². The maximum absolute atomic E-state index is 13.4. The van der Waals surface area contributed by atoms with E-state index in [1.54, 1.807) is 7.11 Å². The van der Waals surface area contributed by atoms with Gasteiger partial charge >= 0.3 is 5.97 Å². The number of benzene rings is 3. The van der Waals surface area contributed by atoms with Crippen molar-refractivity contribution in [3.8, 4) is 5.75 Å². The van der Waals surface area contributed by atoms with Crippen molar-refractivity contribution >= 4 is 5.97 Å². The molecule has 0 atom stereocenters. The minimum absolute atomic E-state index is 0.214. The van der Waals surface area contributed by atoms with Gasteiger partial charge in [-0.1, -0.05) is 54.6 Å². The van der Waals surface area contributed by atoms with Crippen molar-refractivity contribution in [2.45, 2.75) is 56.9 Å². The molecule has 0 saturated heterocycles. The van der Waals surface area contributed by atoms with E-state index in [0.717, 1.165) is 41.1 Å². The van der Waals surface area contributed by atoms with Crippen LogP contribution in [0.15, 0.2) is 72.8 Å². The molecular weight excluding hydrogens is 446 g/mol. The molecule has 0 aromatic heterocycles. The molecular formula is C32H35NO3. The van der Waals surface area contributed by atoms with Gasteiger partial charge in [0.05, 0.1) is 19.2 Å². The molecule has 0 heterocycles. The van der Waals surface area contributed by atoms with Crippen LogP contribution in [0.2, 0.25) is 0 Å². The lowest BCUT2D eigenvalue weighted by Crippen LogP contribution is -2.49. The normalized spacial score (nSPS) is 26.1. The zero-order valence-electron chi connectivity index (χ0n) is 21.0. The Bertz CT molecular complexity index is 1180. The van der Waals surface area contributed by atoms with E-state index in [1.807, 2.05) is 36.4 Å². The van der Waals surface area contributed by atoms with Gasteiger partial charge in [0.25, 0.3) is 0 Å². The summed E-state index contributed by atoms with van der Waals surface area (Å²) in [6, 6.07) is 24.6. The van der Waals surface area contributed by atoms with Gasteiger partial charge in [0.1, 0.15) is 5.75 Å². The predicted molar refractivity (Wildman–Crippen MR) is 141 cm³/mol. The van der Waals surface area contributed by atoms with Crippen LogP contribution < -0.4 is 10.2 Å². The average Bonchev–Trinajstić information content (AvgIpc) is 2.89. The topological polar surface area (TPSA) is 47.6 Å². The minimum Gasteiger partial charge on any atom is -0.497 e. The van der Waals surface area contributed by atoms with Gasteiger partial charge in [0, 0.05) is 0 Å². The molecule has 0 unspecified atom stereocenters. The highest BCUT2D eigenvalue weighted by Crippen LogP contribution is 2.61. The van der Waals surface area contributed by atoms with Gasteiger partial charge in [0.2, 0.25) is 0 Å². The fraction of sp³-hybridized carbons (Fsp3) is 0.406. The Morgan fingerprint density at radius 3 is 2.14 bits per heavy atom. The lowest BCUT2D eigenvalue weighted by atomic mass is 9.47. The smallest absolute Gasteiger partial charge is 0.357 e. The number of hydrogen-bond acceptors (Lipinski definition) is 4. The van der Waals surface area contributed by atoms with E-state index in [1.165, 1.54) is 49.7 Å². The second kappa shape index (κ2) is 9.74. The van der Waals surface area contributed by atoms with E-state index in [9.17, 15) is 4.79 Å². The van der Waals surface area contributed by atoms with Crippen molar-refractivity contribution in [2.75, 3.05) is 7.11 Å². The summed E-state index contributed by atoms with van der Waals surface area (Å²) >= 11 is 0. The minimum atomic E-state index is -0.305. The molecule has 0 amide bonds. The molecule has 0 spiro atoms. The zero-order chi connectivity index (χ0) is 24.5. The Morgan fingerprint density at radius 1 is 0.833 bits per heavy atom. The van der Waals surface area contributed by atoms with Gasteiger partial charge < -0.3 is 9.57 Å². The lowest BCUT2D eigenvalue weighted by molar-refractivity contribution is -0.00564. The maximum atomic E-state index is 13.4. The molecule has 3 aromatic rings. The first-order chi connectivity index (χ1) is 17.6. The van der Waals surface area contributed by atoms with Crippen LogP contribution in [0.1, 0.15) is 71.1 Å². The summed E-state index contributed by atoms with van der Waals surface area (Å²) in [5, 5.41) is 0. The summed E-state index contributed by atoms with van der Waals surface area (Å²) < 4.78 is 5.22. The maximum Gasteiger partial charge on any atom is 0.357 e. The second-order valence-corrected chi connectivity index (χ2v) is 11.3. The third-order valence-corrected chi connectivity index (χ3v) is 8.83. The number of carbonyl (C=O) groups excluding carboxylic acids is 1. The van der Waals surface area contributed by atoms with E-state index in [0.29, 0.717) is 12.1 Å². The molecule has 4 saturated carbocycles. The van der Waals surface area contributed by atoms with Crippen molar-refractivity contribution in [2.24, 2.45) is 17.8 Å². The monoisotopic (exact) mass is 481 g/mol. The Labute approximate surface area is 214 Å². The lowest BCUT2D eigenvalue weighted by Gasteiger charge is -2.57. The van der Waals surface area contributed by atoms with Crippen LogP contribution >= 0.6 is 0 Å². The summed E-state index contributed by atoms with van der Waals surface area (Å²) in [7, 11) is 1.65. The highest BCUT2D eigenvalue weighted by Gasteiger charge is 2.52. The summed E-state index contributed by atoms with van der Waals surface area (Å²) in [6.07, 6.45) is 8.79. The number of nitrogens with one attached hydrogen (secondary N) is 1. The summed E-state index contributed by atoms with van der Waals surface area (Å²) in [6.45, 7) is 0.443. The molecule has 36 heavy (non-hydrogen) atoms. The van der Waals surface area contributed by atoms with Crippen LogP contribution in [0.25, 0.3) is 0 Å². The van der Waals surface area contributed by atoms with Crippen LogP contribution in [-0.4, -0.2) is 13.1 Å².